The molecule has 1 fully saturated rings. The lowest BCUT2D eigenvalue weighted by Crippen LogP contribution is -2.28. The Bertz CT molecular complexity index is 577. The second-order valence-corrected chi connectivity index (χ2v) is 5.91. The van der Waals surface area contributed by atoms with Crippen LogP contribution in [0.1, 0.15) is 50.0 Å². The van der Waals surface area contributed by atoms with Crippen LogP contribution < -0.4 is 5.32 Å². The van der Waals surface area contributed by atoms with Gasteiger partial charge in [-0.1, -0.05) is 6.07 Å². The van der Waals surface area contributed by atoms with Gasteiger partial charge < -0.3 is 9.88 Å². The van der Waals surface area contributed by atoms with E-state index < -0.39 is 0 Å². The number of rotatable bonds is 2. The first-order chi connectivity index (χ1) is 9.16. The van der Waals surface area contributed by atoms with E-state index in [1.807, 2.05) is 0 Å². The second kappa shape index (κ2) is 4.97. The van der Waals surface area contributed by atoms with E-state index in [-0.39, 0.29) is 0 Å². The molecule has 0 spiro atoms. The standard InChI is InChI=1S/C16H23N3/c1-11(2)19-12(3)18-15-9-13(6-7-16(15)19)14-5-4-8-17-10-14/h6-7,9,11,14,17H,4-5,8,10H2,1-3H3. The molecule has 0 bridgehead atoms. The Morgan fingerprint density at radius 2 is 2.21 bits per heavy atom. The van der Waals surface area contributed by atoms with Gasteiger partial charge in [-0.2, -0.15) is 0 Å². The Morgan fingerprint density at radius 1 is 1.37 bits per heavy atom. The van der Waals surface area contributed by atoms with Gasteiger partial charge in [0.05, 0.1) is 11.0 Å². The molecule has 0 amide bonds. The molecule has 1 N–H and O–H groups in total. The van der Waals surface area contributed by atoms with Crippen LogP contribution in [0.15, 0.2) is 18.2 Å². The summed E-state index contributed by atoms with van der Waals surface area (Å²) in [6, 6.07) is 7.30. The van der Waals surface area contributed by atoms with Crippen LogP contribution in [0.5, 0.6) is 0 Å². The predicted molar refractivity (Wildman–Crippen MR) is 79.7 cm³/mol. The fourth-order valence-electron chi connectivity index (χ4n) is 3.28. The van der Waals surface area contributed by atoms with Gasteiger partial charge in [-0.25, -0.2) is 4.98 Å². The first-order valence-electron chi connectivity index (χ1n) is 7.36. The summed E-state index contributed by atoms with van der Waals surface area (Å²) < 4.78 is 2.32. The molecule has 102 valence electrons. The average Bonchev–Trinajstić information content (AvgIpc) is 2.74. The highest BCUT2D eigenvalue weighted by Crippen LogP contribution is 2.28. The maximum Gasteiger partial charge on any atom is 0.106 e. The molecule has 1 saturated heterocycles. The Morgan fingerprint density at radius 3 is 2.89 bits per heavy atom. The monoisotopic (exact) mass is 257 g/mol. The molecule has 1 atom stereocenters. The van der Waals surface area contributed by atoms with Crippen LogP contribution in [0.25, 0.3) is 11.0 Å². The molecule has 3 heteroatoms. The maximum atomic E-state index is 4.73. The largest absolute Gasteiger partial charge is 0.326 e. The maximum absolute atomic E-state index is 4.73. The molecule has 0 saturated carbocycles. The van der Waals surface area contributed by atoms with E-state index >= 15 is 0 Å². The van der Waals surface area contributed by atoms with Crippen LogP contribution in [0, 0.1) is 6.92 Å². The number of aromatic nitrogens is 2. The lowest BCUT2D eigenvalue weighted by Gasteiger charge is -2.23. The zero-order valence-electron chi connectivity index (χ0n) is 12.1. The van der Waals surface area contributed by atoms with Gasteiger partial charge in [-0.3, -0.25) is 0 Å². The van der Waals surface area contributed by atoms with E-state index in [1.54, 1.807) is 0 Å². The van der Waals surface area contributed by atoms with Gasteiger partial charge in [0.1, 0.15) is 5.82 Å². The molecule has 19 heavy (non-hydrogen) atoms. The van der Waals surface area contributed by atoms with Gasteiger partial charge in [0.2, 0.25) is 0 Å². The summed E-state index contributed by atoms with van der Waals surface area (Å²) in [5.74, 6) is 1.77. The van der Waals surface area contributed by atoms with Crippen molar-refractivity contribution in [2.45, 2.75) is 45.6 Å². The zero-order valence-corrected chi connectivity index (χ0v) is 12.1. The Kier molecular flexibility index (Phi) is 3.31. The van der Waals surface area contributed by atoms with Crippen molar-refractivity contribution in [1.82, 2.24) is 14.9 Å². The number of hydrogen-bond donors (Lipinski definition) is 1. The molecule has 1 aromatic carbocycles. The number of hydrogen-bond acceptors (Lipinski definition) is 2. The average molecular weight is 257 g/mol. The van der Waals surface area contributed by atoms with E-state index in [0.29, 0.717) is 12.0 Å². The zero-order chi connectivity index (χ0) is 13.4. The summed E-state index contributed by atoms with van der Waals surface area (Å²) in [6.07, 6.45) is 2.57. The van der Waals surface area contributed by atoms with E-state index in [4.69, 9.17) is 4.98 Å². The van der Waals surface area contributed by atoms with Gasteiger partial charge in [0, 0.05) is 12.6 Å². The van der Waals surface area contributed by atoms with Gasteiger partial charge in [-0.05, 0) is 63.8 Å². The minimum Gasteiger partial charge on any atom is -0.326 e. The van der Waals surface area contributed by atoms with E-state index in [9.17, 15) is 0 Å². The number of nitrogens with one attached hydrogen (secondary N) is 1. The van der Waals surface area contributed by atoms with Crippen molar-refractivity contribution in [1.29, 1.82) is 0 Å². The lowest BCUT2D eigenvalue weighted by atomic mass is 9.91. The number of fused-ring (bicyclic) bond motifs is 1. The molecule has 0 aliphatic carbocycles. The van der Waals surface area contributed by atoms with Crippen molar-refractivity contribution in [2.24, 2.45) is 0 Å². The number of nitrogens with zero attached hydrogens (tertiary/aromatic N) is 2. The minimum absolute atomic E-state index is 0.465. The van der Waals surface area contributed by atoms with Crippen molar-refractivity contribution in [3.05, 3.63) is 29.6 Å². The SMILES string of the molecule is Cc1nc2cc(C3CCCNC3)ccc2n1C(C)C. The Hall–Kier alpha value is -1.35. The fraction of sp³-hybridized carbons (Fsp3) is 0.562. The Labute approximate surface area is 115 Å². The third kappa shape index (κ3) is 2.27. The summed E-state index contributed by atoms with van der Waals surface area (Å²) >= 11 is 0. The fourth-order valence-corrected chi connectivity index (χ4v) is 3.28. The van der Waals surface area contributed by atoms with Crippen molar-refractivity contribution in [2.75, 3.05) is 13.1 Å². The van der Waals surface area contributed by atoms with Gasteiger partial charge in [0.25, 0.3) is 0 Å². The highest BCUT2D eigenvalue weighted by molar-refractivity contribution is 5.77. The summed E-state index contributed by atoms with van der Waals surface area (Å²) in [5.41, 5.74) is 3.85. The number of imidazole rings is 1. The number of aryl methyl sites for hydroxylation is 1. The third-order valence-electron chi connectivity index (χ3n) is 4.17. The van der Waals surface area contributed by atoms with Crippen LogP contribution in [0.2, 0.25) is 0 Å². The molecule has 3 nitrogen and oxygen atoms in total. The van der Waals surface area contributed by atoms with Crippen molar-refractivity contribution >= 4 is 11.0 Å². The lowest BCUT2D eigenvalue weighted by molar-refractivity contribution is 0.462. The Balaban J connectivity index is 2.02. The molecule has 3 rings (SSSR count). The van der Waals surface area contributed by atoms with Crippen LogP contribution >= 0.6 is 0 Å². The van der Waals surface area contributed by atoms with Crippen LogP contribution in [-0.4, -0.2) is 22.6 Å². The summed E-state index contributed by atoms with van der Waals surface area (Å²) in [5, 5.41) is 3.49. The highest BCUT2D eigenvalue weighted by Gasteiger charge is 2.17. The molecule has 1 aliphatic rings. The van der Waals surface area contributed by atoms with Crippen LogP contribution in [0.3, 0.4) is 0 Å². The van der Waals surface area contributed by atoms with Gasteiger partial charge in [0.15, 0.2) is 0 Å². The normalized spacial score (nSPS) is 20.3. The first kappa shape index (κ1) is 12.7. The smallest absolute Gasteiger partial charge is 0.106 e. The molecule has 1 unspecified atom stereocenters. The van der Waals surface area contributed by atoms with Gasteiger partial charge >= 0.3 is 0 Å². The summed E-state index contributed by atoms with van der Waals surface area (Å²) in [4.78, 5) is 4.73. The number of benzene rings is 1. The number of piperidine rings is 1. The van der Waals surface area contributed by atoms with Crippen LogP contribution in [0.4, 0.5) is 0 Å². The van der Waals surface area contributed by atoms with Gasteiger partial charge in [-0.15, -0.1) is 0 Å². The summed E-state index contributed by atoms with van der Waals surface area (Å²) in [6.45, 7) is 8.80. The third-order valence-corrected chi connectivity index (χ3v) is 4.17. The topological polar surface area (TPSA) is 29.9 Å². The molecule has 2 heterocycles. The molecular formula is C16H23N3. The molecular weight excluding hydrogens is 234 g/mol. The van der Waals surface area contributed by atoms with Crippen molar-refractivity contribution < 1.29 is 0 Å². The van der Waals surface area contributed by atoms with Crippen molar-refractivity contribution in [3.63, 3.8) is 0 Å². The molecule has 0 radical (unpaired) electrons. The highest BCUT2D eigenvalue weighted by atomic mass is 15.1. The molecule has 1 aromatic heterocycles. The first-order valence-corrected chi connectivity index (χ1v) is 7.36. The quantitative estimate of drug-likeness (QED) is 0.893. The molecule has 2 aromatic rings. The molecule has 1 aliphatic heterocycles. The summed E-state index contributed by atoms with van der Waals surface area (Å²) in [7, 11) is 0. The van der Waals surface area contributed by atoms with E-state index in [1.165, 1.54) is 30.5 Å². The minimum atomic E-state index is 0.465. The van der Waals surface area contributed by atoms with Crippen LogP contribution in [-0.2, 0) is 0 Å². The second-order valence-electron chi connectivity index (χ2n) is 5.91. The van der Waals surface area contributed by atoms with E-state index in [2.05, 4.69) is 48.9 Å². The predicted octanol–water partition coefficient (Wildman–Crippen LogP) is 3.39. The van der Waals surface area contributed by atoms with E-state index in [0.717, 1.165) is 17.9 Å². The van der Waals surface area contributed by atoms with Crippen molar-refractivity contribution in [3.8, 4) is 0 Å².